The molecular formula is C20H21NO2. The van der Waals surface area contributed by atoms with E-state index in [0.29, 0.717) is 6.61 Å². The number of nitrogens with zero attached hydrogens (tertiary/aromatic N) is 1. The van der Waals surface area contributed by atoms with Crippen LogP contribution in [-0.4, -0.2) is 17.1 Å². The molecule has 0 N–H and O–H groups in total. The Morgan fingerprint density at radius 2 is 1.57 bits per heavy atom. The number of benzene rings is 2. The fraction of sp³-hybridized carbons (Fsp3) is 0.250. The van der Waals surface area contributed by atoms with E-state index in [-0.39, 0.29) is 5.97 Å². The van der Waals surface area contributed by atoms with Gasteiger partial charge in [-0.1, -0.05) is 43.0 Å². The van der Waals surface area contributed by atoms with E-state index in [1.54, 1.807) is 0 Å². The maximum atomic E-state index is 11.0. The fourth-order valence-corrected chi connectivity index (χ4v) is 3.02. The van der Waals surface area contributed by atoms with Gasteiger partial charge in [-0.2, -0.15) is 0 Å². The number of hydrogen-bond donors (Lipinski definition) is 0. The number of aromatic nitrogens is 1. The zero-order chi connectivity index (χ0) is 16.1. The van der Waals surface area contributed by atoms with E-state index in [4.69, 9.17) is 4.74 Å². The number of esters is 1. The summed E-state index contributed by atoms with van der Waals surface area (Å²) in [4.78, 5) is 11.0. The quantitative estimate of drug-likeness (QED) is 0.360. The van der Waals surface area contributed by atoms with Crippen LogP contribution in [0, 0.1) is 0 Å². The van der Waals surface area contributed by atoms with Crippen LogP contribution < -0.4 is 0 Å². The number of fused-ring (bicyclic) bond motifs is 3. The Balaban J connectivity index is 1.67. The van der Waals surface area contributed by atoms with Crippen molar-refractivity contribution in [1.29, 1.82) is 0 Å². The van der Waals surface area contributed by atoms with Gasteiger partial charge in [0.05, 0.1) is 6.61 Å². The maximum absolute atomic E-state index is 11.0. The largest absolute Gasteiger partial charge is 0.463 e. The number of unbranched alkanes of at least 4 members (excludes halogenated alkanes) is 2. The molecule has 3 aromatic rings. The molecule has 2 aromatic carbocycles. The van der Waals surface area contributed by atoms with Gasteiger partial charge in [0.15, 0.2) is 0 Å². The molecule has 0 amide bonds. The molecule has 3 nitrogen and oxygen atoms in total. The molecule has 0 aliphatic heterocycles. The summed E-state index contributed by atoms with van der Waals surface area (Å²) >= 11 is 0. The number of para-hydroxylation sites is 2. The second kappa shape index (κ2) is 7.14. The van der Waals surface area contributed by atoms with Gasteiger partial charge in [-0.25, -0.2) is 4.79 Å². The topological polar surface area (TPSA) is 31.2 Å². The minimum atomic E-state index is -0.340. The number of carbonyl (C=O) groups excluding carboxylic acids is 1. The van der Waals surface area contributed by atoms with E-state index in [2.05, 4.69) is 59.7 Å². The summed E-state index contributed by atoms with van der Waals surface area (Å²) in [6.07, 6.45) is 4.19. The van der Waals surface area contributed by atoms with Crippen LogP contribution in [0.4, 0.5) is 0 Å². The highest BCUT2D eigenvalue weighted by Crippen LogP contribution is 2.28. The monoisotopic (exact) mass is 307 g/mol. The summed E-state index contributed by atoms with van der Waals surface area (Å²) in [7, 11) is 0. The van der Waals surface area contributed by atoms with Crippen molar-refractivity contribution in [3.05, 3.63) is 61.2 Å². The summed E-state index contributed by atoms with van der Waals surface area (Å²) in [5.41, 5.74) is 2.57. The lowest BCUT2D eigenvalue weighted by Gasteiger charge is -2.07. The molecule has 0 spiro atoms. The molecule has 118 valence electrons. The summed E-state index contributed by atoms with van der Waals surface area (Å²) in [6.45, 7) is 4.84. The number of aryl methyl sites for hydroxylation is 1. The van der Waals surface area contributed by atoms with Crippen LogP contribution in [0.5, 0.6) is 0 Å². The Hall–Kier alpha value is -2.55. The average Bonchev–Trinajstić information content (AvgIpc) is 2.92. The van der Waals surface area contributed by atoms with Crippen molar-refractivity contribution in [2.45, 2.75) is 25.8 Å². The fourth-order valence-electron chi connectivity index (χ4n) is 3.02. The van der Waals surface area contributed by atoms with Crippen LogP contribution in [0.1, 0.15) is 19.3 Å². The van der Waals surface area contributed by atoms with Crippen molar-refractivity contribution in [3.63, 3.8) is 0 Å². The van der Waals surface area contributed by atoms with Crippen LogP contribution in [0.15, 0.2) is 61.2 Å². The van der Waals surface area contributed by atoms with Gasteiger partial charge in [-0.05, 0) is 31.4 Å². The molecule has 23 heavy (non-hydrogen) atoms. The van der Waals surface area contributed by atoms with E-state index in [9.17, 15) is 4.79 Å². The van der Waals surface area contributed by atoms with Gasteiger partial charge in [0.2, 0.25) is 0 Å². The van der Waals surface area contributed by atoms with Crippen LogP contribution >= 0.6 is 0 Å². The van der Waals surface area contributed by atoms with Crippen molar-refractivity contribution in [2.75, 3.05) is 6.61 Å². The zero-order valence-electron chi connectivity index (χ0n) is 13.2. The first kappa shape index (κ1) is 15.3. The first-order valence-corrected chi connectivity index (χ1v) is 8.06. The van der Waals surface area contributed by atoms with E-state index in [1.807, 2.05) is 0 Å². The zero-order valence-corrected chi connectivity index (χ0v) is 13.2. The third-order valence-electron chi connectivity index (χ3n) is 4.12. The first-order chi connectivity index (χ1) is 11.3. The second-order valence-electron chi connectivity index (χ2n) is 5.62. The van der Waals surface area contributed by atoms with E-state index < -0.39 is 0 Å². The number of hydrogen-bond acceptors (Lipinski definition) is 2. The molecule has 0 saturated carbocycles. The molecule has 0 fully saturated rings. The molecule has 3 rings (SSSR count). The van der Waals surface area contributed by atoms with Crippen molar-refractivity contribution in [2.24, 2.45) is 0 Å². The van der Waals surface area contributed by atoms with Gasteiger partial charge < -0.3 is 9.30 Å². The highest BCUT2D eigenvalue weighted by Gasteiger charge is 2.08. The smallest absolute Gasteiger partial charge is 0.330 e. The normalized spacial score (nSPS) is 11.0. The van der Waals surface area contributed by atoms with Crippen LogP contribution in [-0.2, 0) is 16.1 Å². The standard InChI is InChI=1S/C20H21NO2/c1-2-20(22)23-15-9-3-8-14-21-18-12-6-4-10-16(18)17-11-5-7-13-19(17)21/h2,4-7,10-13H,1,3,8-9,14-15H2. The lowest BCUT2D eigenvalue weighted by molar-refractivity contribution is -0.137. The highest BCUT2D eigenvalue weighted by atomic mass is 16.5. The minimum Gasteiger partial charge on any atom is -0.463 e. The second-order valence-corrected chi connectivity index (χ2v) is 5.62. The Morgan fingerprint density at radius 1 is 0.957 bits per heavy atom. The van der Waals surface area contributed by atoms with Gasteiger partial charge >= 0.3 is 5.97 Å². The minimum absolute atomic E-state index is 0.340. The van der Waals surface area contributed by atoms with Crippen molar-refractivity contribution < 1.29 is 9.53 Å². The molecule has 0 aliphatic rings. The van der Waals surface area contributed by atoms with Gasteiger partial charge in [0, 0.05) is 34.4 Å². The Kier molecular flexibility index (Phi) is 4.77. The molecular weight excluding hydrogens is 286 g/mol. The Bertz CT molecular complexity index is 779. The van der Waals surface area contributed by atoms with Crippen LogP contribution in [0.2, 0.25) is 0 Å². The Morgan fingerprint density at radius 3 is 2.17 bits per heavy atom. The van der Waals surface area contributed by atoms with Crippen LogP contribution in [0.3, 0.4) is 0 Å². The van der Waals surface area contributed by atoms with Gasteiger partial charge in [0.1, 0.15) is 0 Å². The predicted octanol–water partition coefficient (Wildman–Crippen LogP) is 4.69. The van der Waals surface area contributed by atoms with Crippen molar-refractivity contribution >= 4 is 27.8 Å². The van der Waals surface area contributed by atoms with E-state index >= 15 is 0 Å². The predicted molar refractivity (Wildman–Crippen MR) is 94.5 cm³/mol. The summed E-state index contributed by atoms with van der Waals surface area (Å²) in [5.74, 6) is -0.340. The average molecular weight is 307 g/mol. The lowest BCUT2D eigenvalue weighted by Crippen LogP contribution is -2.03. The first-order valence-electron chi connectivity index (χ1n) is 8.06. The Labute approximate surface area is 136 Å². The summed E-state index contributed by atoms with van der Waals surface area (Å²) < 4.78 is 7.39. The molecule has 0 aliphatic carbocycles. The third-order valence-corrected chi connectivity index (χ3v) is 4.12. The maximum Gasteiger partial charge on any atom is 0.330 e. The number of rotatable bonds is 7. The third kappa shape index (κ3) is 3.29. The molecule has 1 heterocycles. The van der Waals surface area contributed by atoms with E-state index in [0.717, 1.165) is 25.8 Å². The molecule has 0 radical (unpaired) electrons. The van der Waals surface area contributed by atoms with Gasteiger partial charge in [0.25, 0.3) is 0 Å². The van der Waals surface area contributed by atoms with Crippen LogP contribution in [0.25, 0.3) is 21.8 Å². The number of ether oxygens (including phenoxy) is 1. The summed E-state index contributed by atoms with van der Waals surface area (Å²) in [6, 6.07) is 17.1. The van der Waals surface area contributed by atoms with Crippen molar-refractivity contribution in [3.8, 4) is 0 Å². The molecule has 0 unspecified atom stereocenters. The molecule has 3 heteroatoms. The van der Waals surface area contributed by atoms with Gasteiger partial charge in [-0.15, -0.1) is 0 Å². The summed E-state index contributed by atoms with van der Waals surface area (Å²) in [5, 5.41) is 2.62. The van der Waals surface area contributed by atoms with Crippen molar-refractivity contribution in [1.82, 2.24) is 4.57 Å². The molecule has 0 atom stereocenters. The van der Waals surface area contributed by atoms with E-state index in [1.165, 1.54) is 27.9 Å². The molecule has 0 bridgehead atoms. The molecule has 1 aromatic heterocycles. The van der Waals surface area contributed by atoms with Gasteiger partial charge in [-0.3, -0.25) is 0 Å². The highest BCUT2D eigenvalue weighted by molar-refractivity contribution is 6.07. The SMILES string of the molecule is C=CC(=O)OCCCCCn1c2ccccc2c2ccccc21. The lowest BCUT2D eigenvalue weighted by atomic mass is 10.2. The number of carbonyl (C=O) groups is 1. The molecule has 0 saturated heterocycles.